The van der Waals surface area contributed by atoms with Crippen LogP contribution in [0, 0.1) is 0 Å². The lowest BCUT2D eigenvalue weighted by Gasteiger charge is -2.07. The average Bonchev–Trinajstić information content (AvgIpc) is 2.48. The summed E-state index contributed by atoms with van der Waals surface area (Å²) in [7, 11) is -3.00. The number of phenols is 1. The molecule has 2 aromatic rings. The van der Waals surface area contributed by atoms with Crippen LogP contribution in [0.1, 0.15) is 5.56 Å². The van der Waals surface area contributed by atoms with Gasteiger partial charge in [-0.15, -0.1) is 0 Å². The van der Waals surface area contributed by atoms with Gasteiger partial charge >= 0.3 is 0 Å². The van der Waals surface area contributed by atoms with Gasteiger partial charge in [-0.05, 0) is 48.0 Å². The number of hydrogen-bond acceptors (Lipinski definition) is 7. The summed E-state index contributed by atoms with van der Waals surface area (Å²) in [5, 5.41) is 13.4. The van der Waals surface area contributed by atoms with Crippen LogP contribution in [-0.2, 0) is 10.1 Å². The molecule has 0 radical (unpaired) electrons. The second kappa shape index (κ2) is 6.46. The highest BCUT2D eigenvalue weighted by molar-refractivity contribution is 7.85. The minimum atomic E-state index is -4.45. The lowest BCUT2D eigenvalue weighted by Crippen LogP contribution is -1.98. The van der Waals surface area contributed by atoms with E-state index in [4.69, 9.17) is 4.74 Å². The maximum atomic E-state index is 10.8. The molecule has 0 amide bonds. The molecule has 0 saturated heterocycles. The van der Waals surface area contributed by atoms with E-state index in [1.54, 1.807) is 12.1 Å². The minimum Gasteiger partial charge on any atom is -0.744 e. The van der Waals surface area contributed by atoms with Crippen LogP contribution in [0.4, 0.5) is 5.69 Å². The van der Waals surface area contributed by atoms with E-state index in [0.29, 0.717) is 17.0 Å². The van der Waals surface area contributed by atoms with E-state index >= 15 is 0 Å². The molecule has 0 fully saturated rings. The molecule has 22 heavy (non-hydrogen) atoms. The Balaban J connectivity index is 2.06. The summed E-state index contributed by atoms with van der Waals surface area (Å²) < 4.78 is 37.4. The molecule has 2 rings (SSSR count). The van der Waals surface area contributed by atoms with Gasteiger partial charge in [-0.1, -0.05) is 0 Å². The molecule has 0 unspecified atom stereocenters. The van der Waals surface area contributed by atoms with E-state index in [1.165, 1.54) is 43.7 Å². The number of hydrazone groups is 1. The van der Waals surface area contributed by atoms with Gasteiger partial charge in [0.25, 0.3) is 0 Å². The fourth-order valence-electron chi connectivity index (χ4n) is 1.65. The Morgan fingerprint density at radius 1 is 1.23 bits per heavy atom. The van der Waals surface area contributed by atoms with Gasteiger partial charge in [-0.3, -0.25) is 5.43 Å². The summed E-state index contributed by atoms with van der Waals surface area (Å²) in [5.41, 5.74) is 3.91. The fourth-order valence-corrected chi connectivity index (χ4v) is 2.12. The van der Waals surface area contributed by atoms with Gasteiger partial charge in [0.15, 0.2) is 11.5 Å². The van der Waals surface area contributed by atoms with Crippen LogP contribution in [0.5, 0.6) is 11.5 Å². The molecule has 0 spiro atoms. The number of nitrogens with zero attached hydrogens (tertiary/aromatic N) is 1. The number of methoxy groups -OCH3 is 1. The normalized spacial score (nSPS) is 11.5. The molecular formula is C14H13N2O5S-. The van der Waals surface area contributed by atoms with Gasteiger partial charge < -0.3 is 14.4 Å². The lowest BCUT2D eigenvalue weighted by molar-refractivity contribution is 0.373. The van der Waals surface area contributed by atoms with Crippen molar-refractivity contribution in [3.8, 4) is 11.5 Å². The number of hydrogen-bond donors (Lipinski definition) is 2. The first-order valence-electron chi connectivity index (χ1n) is 6.12. The van der Waals surface area contributed by atoms with Crippen molar-refractivity contribution in [2.45, 2.75) is 4.90 Å². The molecule has 0 aliphatic rings. The highest BCUT2D eigenvalue weighted by Crippen LogP contribution is 2.25. The molecular weight excluding hydrogens is 308 g/mol. The van der Waals surface area contributed by atoms with Crippen LogP contribution in [0.15, 0.2) is 52.5 Å². The molecule has 0 aromatic heterocycles. The Bertz CT molecular complexity index is 785. The summed E-state index contributed by atoms with van der Waals surface area (Å²) >= 11 is 0. The van der Waals surface area contributed by atoms with Crippen molar-refractivity contribution in [1.29, 1.82) is 0 Å². The number of benzene rings is 2. The predicted molar refractivity (Wildman–Crippen MR) is 80.3 cm³/mol. The van der Waals surface area contributed by atoms with Gasteiger partial charge in [0.1, 0.15) is 10.1 Å². The van der Waals surface area contributed by atoms with Crippen LogP contribution in [0.25, 0.3) is 0 Å². The van der Waals surface area contributed by atoms with Crippen molar-refractivity contribution in [3.05, 3.63) is 48.0 Å². The first kappa shape index (κ1) is 15.8. The molecule has 0 atom stereocenters. The molecule has 0 saturated carbocycles. The fraction of sp³-hybridized carbons (Fsp3) is 0.0714. The van der Waals surface area contributed by atoms with E-state index < -0.39 is 10.1 Å². The van der Waals surface area contributed by atoms with Crippen molar-refractivity contribution >= 4 is 22.0 Å². The predicted octanol–water partition coefficient (Wildman–Crippen LogP) is 1.75. The SMILES string of the molecule is COc1cc(C=NNc2ccc(S(=O)(=O)[O-])cc2)ccc1O. The Hall–Kier alpha value is -2.58. The Labute approximate surface area is 127 Å². The number of ether oxygens (including phenoxy) is 1. The van der Waals surface area contributed by atoms with E-state index in [-0.39, 0.29) is 10.6 Å². The third kappa shape index (κ3) is 3.96. The van der Waals surface area contributed by atoms with Crippen LogP contribution < -0.4 is 10.2 Å². The van der Waals surface area contributed by atoms with E-state index in [0.717, 1.165) is 0 Å². The van der Waals surface area contributed by atoms with Crippen molar-refractivity contribution in [3.63, 3.8) is 0 Å². The number of aromatic hydroxyl groups is 1. The summed E-state index contributed by atoms with van der Waals surface area (Å²) in [6.45, 7) is 0. The Morgan fingerprint density at radius 3 is 2.50 bits per heavy atom. The highest BCUT2D eigenvalue weighted by atomic mass is 32.2. The first-order chi connectivity index (χ1) is 10.4. The average molecular weight is 321 g/mol. The van der Waals surface area contributed by atoms with Crippen LogP contribution in [-0.4, -0.2) is 31.4 Å². The molecule has 0 aliphatic heterocycles. The van der Waals surface area contributed by atoms with Crippen molar-refractivity contribution in [2.75, 3.05) is 12.5 Å². The largest absolute Gasteiger partial charge is 0.744 e. The number of rotatable bonds is 5. The third-order valence-electron chi connectivity index (χ3n) is 2.75. The zero-order valence-electron chi connectivity index (χ0n) is 11.6. The molecule has 0 bridgehead atoms. The van der Waals surface area contributed by atoms with Crippen molar-refractivity contribution in [1.82, 2.24) is 0 Å². The summed E-state index contributed by atoms with van der Waals surface area (Å²) in [6, 6.07) is 9.99. The van der Waals surface area contributed by atoms with E-state index in [9.17, 15) is 18.1 Å². The van der Waals surface area contributed by atoms with Gasteiger partial charge in [-0.2, -0.15) is 5.10 Å². The molecule has 116 valence electrons. The van der Waals surface area contributed by atoms with Crippen molar-refractivity contribution in [2.24, 2.45) is 5.10 Å². The molecule has 8 heteroatoms. The second-order valence-electron chi connectivity index (χ2n) is 4.28. The molecule has 2 N–H and O–H groups in total. The van der Waals surface area contributed by atoms with E-state index in [2.05, 4.69) is 10.5 Å². The Morgan fingerprint density at radius 2 is 1.91 bits per heavy atom. The lowest BCUT2D eigenvalue weighted by atomic mass is 10.2. The summed E-state index contributed by atoms with van der Waals surface area (Å²) in [4.78, 5) is -0.301. The molecule has 0 aliphatic carbocycles. The first-order valence-corrected chi connectivity index (χ1v) is 7.53. The zero-order chi connectivity index (χ0) is 16.2. The molecule has 0 heterocycles. The third-order valence-corrected chi connectivity index (χ3v) is 3.60. The quantitative estimate of drug-likeness (QED) is 0.493. The van der Waals surface area contributed by atoms with Gasteiger partial charge in [0.05, 0.1) is 23.9 Å². The second-order valence-corrected chi connectivity index (χ2v) is 5.66. The van der Waals surface area contributed by atoms with Crippen LogP contribution in [0.2, 0.25) is 0 Å². The van der Waals surface area contributed by atoms with Gasteiger partial charge in [0.2, 0.25) is 0 Å². The van der Waals surface area contributed by atoms with E-state index in [1.807, 2.05) is 0 Å². The molecule has 2 aromatic carbocycles. The smallest absolute Gasteiger partial charge is 0.161 e. The van der Waals surface area contributed by atoms with Crippen LogP contribution >= 0.6 is 0 Å². The standard InChI is InChI=1S/C14H14N2O5S/c1-21-14-8-10(2-7-13(14)17)9-15-16-11-3-5-12(6-4-11)22(18,19)20/h2-9,16-17H,1H3,(H,18,19,20)/p-1. The highest BCUT2D eigenvalue weighted by Gasteiger charge is 2.01. The maximum absolute atomic E-state index is 10.8. The van der Waals surface area contributed by atoms with Crippen molar-refractivity contribution < 1.29 is 22.8 Å². The summed E-state index contributed by atoms with van der Waals surface area (Å²) in [6.07, 6.45) is 1.50. The minimum absolute atomic E-state index is 0.0296. The number of anilines is 1. The topological polar surface area (TPSA) is 111 Å². The monoisotopic (exact) mass is 321 g/mol. The van der Waals surface area contributed by atoms with Crippen LogP contribution in [0.3, 0.4) is 0 Å². The zero-order valence-corrected chi connectivity index (χ0v) is 12.4. The van der Waals surface area contributed by atoms with Gasteiger partial charge in [0, 0.05) is 0 Å². The maximum Gasteiger partial charge on any atom is 0.161 e. The summed E-state index contributed by atoms with van der Waals surface area (Å²) in [5.74, 6) is 0.357. The Kier molecular flexibility index (Phi) is 4.64. The number of nitrogens with one attached hydrogen (secondary N) is 1. The number of phenolic OH excluding ortho intramolecular Hbond substituents is 1. The molecule has 7 nitrogen and oxygen atoms in total. The van der Waals surface area contributed by atoms with Gasteiger partial charge in [-0.25, -0.2) is 8.42 Å².